The highest BCUT2D eigenvalue weighted by Crippen LogP contribution is 2.36. The molecule has 1 aromatic carbocycles. The van der Waals surface area contributed by atoms with Crippen LogP contribution in [0.15, 0.2) is 79.1 Å². The van der Waals surface area contributed by atoms with Crippen LogP contribution >= 0.6 is 0 Å². The average molecular weight is 508 g/mol. The molecule has 2 aliphatic rings. The fourth-order valence-corrected chi connectivity index (χ4v) is 5.17. The number of anilines is 1. The highest BCUT2D eigenvalue weighted by molar-refractivity contribution is 5.98. The standard InChI is InChI=1S/C29H29N7O2/c30-27-25-26(19-6-12-24(13-7-19)38-23-4-2-1-3-5-23)35-36(28(25)33-18-32-27)22-10-8-21(9-11-22)34-29(37)20-14-16-31-17-15-20/h2,4-7,12-18,21-22H,1,3,8-11H2,(H,34,37)(H2,30,32,33). The van der Waals surface area contributed by atoms with Crippen LogP contribution in [0.2, 0.25) is 0 Å². The molecule has 38 heavy (non-hydrogen) atoms. The van der Waals surface area contributed by atoms with Crippen molar-refractivity contribution in [1.82, 2.24) is 30.0 Å². The first-order valence-corrected chi connectivity index (χ1v) is 13.0. The third kappa shape index (κ3) is 4.87. The molecule has 1 amide bonds. The van der Waals surface area contributed by atoms with Crippen molar-refractivity contribution < 1.29 is 9.53 Å². The molecule has 1 fully saturated rings. The lowest BCUT2D eigenvalue weighted by Gasteiger charge is -2.29. The van der Waals surface area contributed by atoms with E-state index in [0.717, 1.165) is 72.3 Å². The van der Waals surface area contributed by atoms with E-state index >= 15 is 0 Å². The molecule has 3 N–H and O–H groups in total. The number of hydrogen-bond acceptors (Lipinski definition) is 7. The van der Waals surface area contributed by atoms with Gasteiger partial charge in [-0.05, 0) is 87.1 Å². The number of nitrogens with zero attached hydrogens (tertiary/aromatic N) is 5. The van der Waals surface area contributed by atoms with Gasteiger partial charge in [-0.3, -0.25) is 9.78 Å². The van der Waals surface area contributed by atoms with E-state index < -0.39 is 0 Å². The molecule has 192 valence electrons. The lowest BCUT2D eigenvalue weighted by Crippen LogP contribution is -2.38. The zero-order valence-corrected chi connectivity index (χ0v) is 21.0. The molecule has 6 rings (SSSR count). The van der Waals surface area contributed by atoms with Gasteiger partial charge < -0.3 is 15.8 Å². The molecule has 0 bridgehead atoms. The first-order chi connectivity index (χ1) is 18.7. The molecule has 0 aliphatic heterocycles. The van der Waals surface area contributed by atoms with E-state index in [1.165, 1.54) is 6.33 Å². The molecule has 3 aromatic heterocycles. The monoisotopic (exact) mass is 507 g/mol. The maximum atomic E-state index is 12.6. The third-order valence-corrected chi connectivity index (χ3v) is 7.16. The van der Waals surface area contributed by atoms with Crippen molar-refractivity contribution in [2.75, 3.05) is 5.73 Å². The second-order valence-electron chi connectivity index (χ2n) is 9.68. The van der Waals surface area contributed by atoms with Gasteiger partial charge in [-0.15, -0.1) is 0 Å². The van der Waals surface area contributed by atoms with Gasteiger partial charge in [0.2, 0.25) is 0 Å². The summed E-state index contributed by atoms with van der Waals surface area (Å²) in [5, 5.41) is 8.91. The maximum Gasteiger partial charge on any atom is 0.251 e. The number of nitrogen functional groups attached to an aromatic ring is 1. The second kappa shape index (κ2) is 10.5. The van der Waals surface area contributed by atoms with Crippen LogP contribution in [-0.2, 0) is 0 Å². The Morgan fingerprint density at radius 3 is 2.53 bits per heavy atom. The van der Waals surface area contributed by atoms with E-state index in [9.17, 15) is 4.79 Å². The number of nitrogens with two attached hydrogens (primary N) is 1. The minimum Gasteiger partial charge on any atom is -0.458 e. The molecule has 0 atom stereocenters. The van der Waals surface area contributed by atoms with Crippen LogP contribution in [0.4, 0.5) is 5.82 Å². The van der Waals surface area contributed by atoms with E-state index in [4.69, 9.17) is 15.6 Å². The van der Waals surface area contributed by atoms with Crippen LogP contribution in [0.25, 0.3) is 22.3 Å². The summed E-state index contributed by atoms with van der Waals surface area (Å²) < 4.78 is 7.98. The van der Waals surface area contributed by atoms with Gasteiger partial charge in [0.05, 0.1) is 11.4 Å². The average Bonchev–Trinajstić information content (AvgIpc) is 3.36. The van der Waals surface area contributed by atoms with Crippen molar-refractivity contribution in [3.8, 4) is 17.0 Å². The fraction of sp³-hybridized carbons (Fsp3) is 0.276. The van der Waals surface area contributed by atoms with E-state index in [2.05, 4.69) is 32.4 Å². The molecule has 4 aromatic rings. The van der Waals surface area contributed by atoms with Crippen molar-refractivity contribution >= 4 is 22.8 Å². The molecule has 9 nitrogen and oxygen atoms in total. The summed E-state index contributed by atoms with van der Waals surface area (Å²) in [6.07, 6.45) is 16.5. The quantitative estimate of drug-likeness (QED) is 0.377. The molecule has 2 aliphatic carbocycles. The number of nitrogens with one attached hydrogen (secondary N) is 1. The first-order valence-electron chi connectivity index (χ1n) is 13.0. The van der Waals surface area contributed by atoms with Gasteiger partial charge in [-0.2, -0.15) is 5.10 Å². The highest BCUT2D eigenvalue weighted by Gasteiger charge is 2.28. The summed E-state index contributed by atoms with van der Waals surface area (Å²) in [5.74, 6) is 1.98. The zero-order chi connectivity index (χ0) is 25.9. The largest absolute Gasteiger partial charge is 0.458 e. The minimum atomic E-state index is -0.0635. The van der Waals surface area contributed by atoms with Crippen LogP contribution in [-0.4, -0.2) is 36.7 Å². The Hall–Kier alpha value is -4.53. The van der Waals surface area contributed by atoms with E-state index in [0.29, 0.717) is 11.4 Å². The van der Waals surface area contributed by atoms with Crippen LogP contribution < -0.4 is 15.8 Å². The molecule has 0 saturated heterocycles. The Morgan fingerprint density at radius 1 is 1.00 bits per heavy atom. The van der Waals surface area contributed by atoms with E-state index in [-0.39, 0.29) is 18.0 Å². The minimum absolute atomic E-state index is 0.0635. The number of carbonyl (C=O) groups is 1. The number of hydrogen-bond donors (Lipinski definition) is 2. The Bertz CT molecular complexity index is 1500. The van der Waals surface area contributed by atoms with Crippen molar-refractivity contribution in [1.29, 1.82) is 0 Å². The fourth-order valence-electron chi connectivity index (χ4n) is 5.17. The highest BCUT2D eigenvalue weighted by atomic mass is 16.5. The van der Waals surface area contributed by atoms with Gasteiger partial charge in [0.15, 0.2) is 5.65 Å². The molecule has 0 unspecified atom stereocenters. The number of ether oxygens (including phenoxy) is 1. The van der Waals surface area contributed by atoms with E-state index in [1.54, 1.807) is 24.5 Å². The Balaban J connectivity index is 1.20. The van der Waals surface area contributed by atoms with Gasteiger partial charge >= 0.3 is 0 Å². The third-order valence-electron chi connectivity index (χ3n) is 7.16. The maximum absolute atomic E-state index is 12.6. The second-order valence-corrected chi connectivity index (χ2v) is 9.68. The molecule has 1 saturated carbocycles. The van der Waals surface area contributed by atoms with Crippen molar-refractivity contribution in [2.45, 2.75) is 50.6 Å². The lowest BCUT2D eigenvalue weighted by molar-refractivity contribution is 0.0922. The lowest BCUT2D eigenvalue weighted by atomic mass is 9.91. The van der Waals surface area contributed by atoms with Gasteiger partial charge in [-0.25, -0.2) is 14.6 Å². The molecule has 9 heteroatoms. The molecule has 0 spiro atoms. The molecule has 3 heterocycles. The van der Waals surface area contributed by atoms with Crippen LogP contribution in [0.3, 0.4) is 0 Å². The molecular formula is C29H29N7O2. The predicted octanol–water partition coefficient (Wildman–Crippen LogP) is 5.00. The number of carbonyl (C=O) groups excluding carboxylic acids is 1. The smallest absolute Gasteiger partial charge is 0.251 e. The Kier molecular flexibility index (Phi) is 6.56. The Morgan fingerprint density at radius 2 is 1.79 bits per heavy atom. The number of aromatic nitrogens is 5. The Labute approximate surface area is 220 Å². The molecule has 0 radical (unpaired) electrons. The van der Waals surface area contributed by atoms with Gasteiger partial charge in [0.1, 0.15) is 29.3 Å². The summed E-state index contributed by atoms with van der Waals surface area (Å²) in [6, 6.07) is 11.6. The number of benzene rings is 1. The van der Waals surface area contributed by atoms with Crippen LogP contribution in [0, 0.1) is 0 Å². The number of fused-ring (bicyclic) bond motifs is 1. The van der Waals surface area contributed by atoms with Gasteiger partial charge in [-0.1, -0.05) is 6.08 Å². The number of pyridine rings is 1. The van der Waals surface area contributed by atoms with E-state index in [1.807, 2.05) is 35.0 Å². The summed E-state index contributed by atoms with van der Waals surface area (Å²) >= 11 is 0. The van der Waals surface area contributed by atoms with Crippen molar-refractivity contribution in [3.63, 3.8) is 0 Å². The van der Waals surface area contributed by atoms with Crippen LogP contribution in [0.1, 0.15) is 54.9 Å². The summed E-state index contributed by atoms with van der Waals surface area (Å²) in [6.45, 7) is 0. The normalized spacial score (nSPS) is 19.2. The number of allylic oxidation sites excluding steroid dienone is 3. The summed E-state index contributed by atoms with van der Waals surface area (Å²) in [5.41, 5.74) is 9.37. The first kappa shape index (κ1) is 23.8. The number of amides is 1. The zero-order valence-electron chi connectivity index (χ0n) is 21.0. The summed E-state index contributed by atoms with van der Waals surface area (Å²) in [7, 11) is 0. The van der Waals surface area contributed by atoms with Gasteiger partial charge in [0.25, 0.3) is 5.91 Å². The summed E-state index contributed by atoms with van der Waals surface area (Å²) in [4.78, 5) is 25.4. The van der Waals surface area contributed by atoms with Crippen molar-refractivity contribution in [3.05, 3.63) is 84.7 Å². The van der Waals surface area contributed by atoms with Gasteiger partial charge in [0, 0.05) is 29.6 Å². The number of rotatable bonds is 6. The topological polar surface area (TPSA) is 121 Å². The predicted molar refractivity (Wildman–Crippen MR) is 145 cm³/mol. The van der Waals surface area contributed by atoms with Crippen molar-refractivity contribution in [2.24, 2.45) is 0 Å². The SMILES string of the molecule is Nc1ncnc2c1c(-c1ccc(OC3=CCCC=C3)cc1)nn2C1CCC(NC(=O)c2ccncc2)CC1. The van der Waals surface area contributed by atoms with Crippen LogP contribution in [0.5, 0.6) is 5.75 Å². The molecular weight excluding hydrogens is 478 g/mol.